The molecule has 196 valence electrons. The molecule has 0 bridgehead atoms. The summed E-state index contributed by atoms with van der Waals surface area (Å²) in [4.78, 5) is 14.4. The Hall–Kier alpha value is -3.73. The first kappa shape index (κ1) is 29.5. The molecule has 0 aliphatic heterocycles. The van der Waals surface area contributed by atoms with Crippen molar-refractivity contribution in [2.75, 3.05) is 6.61 Å². The number of benzene rings is 3. The summed E-state index contributed by atoms with van der Waals surface area (Å²) >= 11 is 0. The summed E-state index contributed by atoms with van der Waals surface area (Å²) in [5.41, 5.74) is 6.96. The second kappa shape index (κ2) is 14.1. The van der Waals surface area contributed by atoms with Gasteiger partial charge in [0.2, 0.25) is 0 Å². The molecule has 4 rings (SSSR count). The van der Waals surface area contributed by atoms with Gasteiger partial charge in [0.1, 0.15) is 11.5 Å². The molecular formula is C32H41N3O2. The summed E-state index contributed by atoms with van der Waals surface area (Å²) in [6.45, 7) is 18.9. The van der Waals surface area contributed by atoms with Gasteiger partial charge in [-0.05, 0) is 57.4 Å². The van der Waals surface area contributed by atoms with E-state index in [-0.39, 0.29) is 5.75 Å². The summed E-state index contributed by atoms with van der Waals surface area (Å²) in [6, 6.07) is 17.7. The van der Waals surface area contributed by atoms with Crippen molar-refractivity contribution < 1.29 is 9.84 Å². The van der Waals surface area contributed by atoms with Crippen molar-refractivity contribution in [1.29, 1.82) is 0 Å². The largest absolute Gasteiger partial charge is 0.507 e. The fraction of sp³-hybridized carbons (Fsp3) is 0.344. The molecule has 0 saturated heterocycles. The number of aryl methyl sites for hydroxylation is 4. The maximum absolute atomic E-state index is 10.8. The number of phenols is 1. The quantitative estimate of drug-likeness (QED) is 0.287. The molecule has 37 heavy (non-hydrogen) atoms. The molecule has 0 unspecified atom stereocenters. The average Bonchev–Trinajstić information content (AvgIpc) is 2.89. The van der Waals surface area contributed by atoms with Crippen LogP contribution in [0.3, 0.4) is 0 Å². The molecule has 3 aromatic carbocycles. The summed E-state index contributed by atoms with van der Waals surface area (Å²) in [5, 5.41) is 10.8. The lowest BCUT2D eigenvalue weighted by atomic mass is 10.0. The highest BCUT2D eigenvalue weighted by Crippen LogP contribution is 2.34. The van der Waals surface area contributed by atoms with Crippen LogP contribution in [0.25, 0.3) is 34.2 Å². The maximum Gasteiger partial charge on any atom is 0.167 e. The molecule has 5 nitrogen and oxygen atoms in total. The molecule has 4 aromatic rings. The summed E-state index contributed by atoms with van der Waals surface area (Å²) in [5.74, 6) is 2.29. The fourth-order valence-electron chi connectivity index (χ4n) is 3.88. The highest BCUT2D eigenvalue weighted by atomic mass is 16.5. The highest BCUT2D eigenvalue weighted by Gasteiger charge is 2.17. The highest BCUT2D eigenvalue weighted by molar-refractivity contribution is 5.72. The van der Waals surface area contributed by atoms with Crippen LogP contribution >= 0.6 is 0 Å². The van der Waals surface area contributed by atoms with Crippen LogP contribution in [0, 0.1) is 27.7 Å². The van der Waals surface area contributed by atoms with E-state index in [0.29, 0.717) is 35.4 Å². The molecule has 0 aliphatic carbocycles. The third-order valence-corrected chi connectivity index (χ3v) is 5.56. The van der Waals surface area contributed by atoms with E-state index in [0.717, 1.165) is 28.7 Å². The van der Waals surface area contributed by atoms with Crippen molar-refractivity contribution in [3.05, 3.63) is 76.9 Å². The first-order chi connectivity index (χ1) is 17.9. The molecule has 0 amide bonds. The molecule has 1 heterocycles. The first-order valence-corrected chi connectivity index (χ1v) is 13.2. The van der Waals surface area contributed by atoms with Gasteiger partial charge in [-0.25, -0.2) is 15.0 Å². The van der Waals surface area contributed by atoms with Gasteiger partial charge in [-0.2, -0.15) is 0 Å². The van der Waals surface area contributed by atoms with Crippen molar-refractivity contribution in [2.24, 2.45) is 0 Å². The fourth-order valence-corrected chi connectivity index (χ4v) is 3.88. The standard InChI is InChI=1S/C28H29N3O2.2C2H6/c1-6-13-33-21-9-12-24(25(32)16-21)28-30-26(22-10-7-17(2)14-19(22)4)29-27(31-28)23-11-8-18(3)15-20(23)5;2*1-2/h7-12,14-16,32H,6,13H2,1-5H3;2*1-2H3. The van der Waals surface area contributed by atoms with E-state index in [2.05, 4.69) is 52.0 Å². The van der Waals surface area contributed by atoms with Crippen molar-refractivity contribution in [3.8, 4) is 45.7 Å². The number of nitrogens with zero attached hydrogens (tertiary/aromatic N) is 3. The van der Waals surface area contributed by atoms with Crippen LogP contribution in [0.4, 0.5) is 0 Å². The minimum atomic E-state index is 0.0768. The molecule has 0 saturated carbocycles. The van der Waals surface area contributed by atoms with Gasteiger partial charge in [0.25, 0.3) is 0 Å². The van der Waals surface area contributed by atoms with E-state index in [4.69, 9.17) is 19.7 Å². The summed E-state index contributed by atoms with van der Waals surface area (Å²) in [7, 11) is 0. The molecule has 5 heteroatoms. The zero-order valence-corrected chi connectivity index (χ0v) is 23.8. The molecule has 0 aliphatic rings. The lowest BCUT2D eigenvalue weighted by Crippen LogP contribution is -2.02. The van der Waals surface area contributed by atoms with Crippen LogP contribution in [0.1, 0.15) is 63.3 Å². The lowest BCUT2D eigenvalue weighted by molar-refractivity contribution is 0.315. The second-order valence-electron chi connectivity index (χ2n) is 8.47. The number of rotatable bonds is 6. The number of hydrogen-bond acceptors (Lipinski definition) is 5. The van der Waals surface area contributed by atoms with E-state index in [1.807, 2.05) is 52.8 Å². The average molecular weight is 500 g/mol. The number of aromatic hydroxyl groups is 1. The maximum atomic E-state index is 10.8. The van der Waals surface area contributed by atoms with Crippen LogP contribution in [0.2, 0.25) is 0 Å². The smallest absolute Gasteiger partial charge is 0.167 e. The Bertz CT molecular complexity index is 1250. The van der Waals surface area contributed by atoms with Gasteiger partial charge < -0.3 is 9.84 Å². The van der Waals surface area contributed by atoms with Gasteiger partial charge >= 0.3 is 0 Å². The van der Waals surface area contributed by atoms with Gasteiger partial charge in [0, 0.05) is 17.2 Å². The zero-order valence-electron chi connectivity index (χ0n) is 23.8. The minimum Gasteiger partial charge on any atom is -0.507 e. The lowest BCUT2D eigenvalue weighted by Gasteiger charge is -2.13. The predicted molar refractivity (Wildman–Crippen MR) is 155 cm³/mol. The molecule has 0 fully saturated rings. The Kier molecular flexibility index (Phi) is 11.3. The topological polar surface area (TPSA) is 68.1 Å². The zero-order chi connectivity index (χ0) is 27.5. The van der Waals surface area contributed by atoms with Crippen LogP contribution in [0.5, 0.6) is 11.5 Å². The molecule has 0 atom stereocenters. The van der Waals surface area contributed by atoms with Crippen molar-refractivity contribution >= 4 is 0 Å². The first-order valence-electron chi connectivity index (χ1n) is 13.2. The van der Waals surface area contributed by atoms with Crippen molar-refractivity contribution in [2.45, 2.75) is 68.7 Å². The Balaban J connectivity index is 0.00000115. The van der Waals surface area contributed by atoms with Gasteiger partial charge in [-0.1, -0.05) is 82.1 Å². The van der Waals surface area contributed by atoms with Gasteiger partial charge in [0.05, 0.1) is 12.2 Å². The van der Waals surface area contributed by atoms with Gasteiger partial charge in [0.15, 0.2) is 17.5 Å². The van der Waals surface area contributed by atoms with Crippen molar-refractivity contribution in [1.82, 2.24) is 15.0 Å². The molecule has 0 spiro atoms. The summed E-state index contributed by atoms with van der Waals surface area (Å²) < 4.78 is 5.65. The van der Waals surface area contributed by atoms with Crippen molar-refractivity contribution in [3.63, 3.8) is 0 Å². The second-order valence-corrected chi connectivity index (χ2v) is 8.47. The summed E-state index contributed by atoms with van der Waals surface area (Å²) in [6.07, 6.45) is 0.897. The monoisotopic (exact) mass is 499 g/mol. The Morgan fingerprint density at radius 3 is 1.46 bits per heavy atom. The third kappa shape index (κ3) is 7.39. The molecule has 0 radical (unpaired) electrons. The van der Waals surface area contributed by atoms with Gasteiger partial charge in [-0.3, -0.25) is 0 Å². The molecule has 1 aromatic heterocycles. The Morgan fingerprint density at radius 2 is 1.05 bits per heavy atom. The molecular weight excluding hydrogens is 458 g/mol. The predicted octanol–water partition coefficient (Wildman–Crippen LogP) is 8.65. The van der Waals surface area contributed by atoms with E-state index >= 15 is 0 Å². The minimum absolute atomic E-state index is 0.0768. The Labute approximate surface area is 222 Å². The number of aromatic nitrogens is 3. The normalized spacial score (nSPS) is 10.1. The number of ether oxygens (including phenoxy) is 1. The van der Waals surface area contributed by atoms with E-state index < -0.39 is 0 Å². The van der Waals surface area contributed by atoms with Crippen LogP contribution < -0.4 is 4.74 Å². The number of phenolic OH excluding ortho intramolecular Hbond substituents is 1. The third-order valence-electron chi connectivity index (χ3n) is 5.56. The SMILES string of the molecule is CC.CC.CCCOc1ccc(-c2nc(-c3ccc(C)cc3C)nc(-c3ccc(C)cc3C)n2)c(O)c1. The molecule has 1 N–H and O–H groups in total. The number of hydrogen-bond donors (Lipinski definition) is 1. The van der Waals surface area contributed by atoms with Crippen LogP contribution in [0.15, 0.2) is 54.6 Å². The Morgan fingerprint density at radius 1 is 0.622 bits per heavy atom. The van der Waals surface area contributed by atoms with E-state index in [9.17, 15) is 5.11 Å². The van der Waals surface area contributed by atoms with E-state index in [1.165, 1.54) is 11.1 Å². The van der Waals surface area contributed by atoms with Crippen LogP contribution in [-0.2, 0) is 0 Å². The van der Waals surface area contributed by atoms with Gasteiger partial charge in [-0.15, -0.1) is 0 Å². The van der Waals surface area contributed by atoms with E-state index in [1.54, 1.807) is 12.1 Å². The van der Waals surface area contributed by atoms with Crippen LogP contribution in [-0.4, -0.2) is 26.7 Å².